The highest BCUT2D eigenvalue weighted by Gasteiger charge is 2.39. The molecule has 0 fully saturated rings. The second-order valence-corrected chi connectivity index (χ2v) is 8.72. The van der Waals surface area contributed by atoms with Gasteiger partial charge in [-0.1, -0.05) is 54.2 Å². The van der Waals surface area contributed by atoms with E-state index in [1.807, 2.05) is 44.2 Å². The zero-order valence-electron chi connectivity index (χ0n) is 17.7. The van der Waals surface area contributed by atoms with E-state index in [2.05, 4.69) is 0 Å². The smallest absolute Gasteiger partial charge is 0.268 e. The van der Waals surface area contributed by atoms with Gasteiger partial charge < -0.3 is 4.74 Å². The van der Waals surface area contributed by atoms with Crippen molar-refractivity contribution in [2.75, 3.05) is 0 Å². The topological polar surface area (TPSA) is 46.6 Å². The van der Waals surface area contributed by atoms with Crippen molar-refractivity contribution in [3.63, 3.8) is 0 Å². The van der Waals surface area contributed by atoms with Crippen molar-refractivity contribution in [1.82, 2.24) is 4.90 Å². The second-order valence-electron chi connectivity index (χ2n) is 7.63. The molecule has 4 rings (SSSR count). The first-order chi connectivity index (χ1) is 15.4. The fourth-order valence-electron chi connectivity index (χ4n) is 3.40. The van der Waals surface area contributed by atoms with Gasteiger partial charge in [0.1, 0.15) is 11.6 Å². The summed E-state index contributed by atoms with van der Waals surface area (Å²) in [5.41, 5.74) is 1.70. The number of hydrogen-bond donors (Lipinski definition) is 0. The number of halogens is 1. The quantitative estimate of drug-likeness (QED) is 0.437. The summed E-state index contributed by atoms with van der Waals surface area (Å²) in [6.45, 7) is 3.96. The van der Waals surface area contributed by atoms with Crippen LogP contribution in [0.4, 0.5) is 4.39 Å². The molecule has 2 amide bonds. The Kier molecular flexibility index (Phi) is 6.42. The number of ether oxygens (including phenoxy) is 1. The van der Waals surface area contributed by atoms with Crippen LogP contribution in [0, 0.1) is 5.82 Å². The number of imide groups is 1. The molecule has 3 aromatic carbocycles. The summed E-state index contributed by atoms with van der Waals surface area (Å²) in [7, 11) is 0. The summed E-state index contributed by atoms with van der Waals surface area (Å²) in [5, 5.41) is 0. The average molecular weight is 448 g/mol. The highest BCUT2D eigenvalue weighted by atomic mass is 32.2. The molecule has 4 nitrogen and oxygen atoms in total. The highest BCUT2D eigenvalue weighted by Crippen LogP contribution is 2.40. The van der Waals surface area contributed by atoms with Gasteiger partial charge in [-0.15, -0.1) is 0 Å². The maximum absolute atomic E-state index is 13.4. The molecule has 1 aliphatic heterocycles. The Bertz CT molecular complexity index is 1160. The molecule has 0 aromatic heterocycles. The molecule has 6 heteroatoms. The van der Waals surface area contributed by atoms with E-state index in [-0.39, 0.29) is 30.3 Å². The number of carbonyl (C=O) groups is 2. The predicted octanol–water partition coefficient (Wildman–Crippen LogP) is 5.69. The van der Waals surface area contributed by atoms with E-state index in [1.165, 1.54) is 28.8 Å². The van der Waals surface area contributed by atoms with Gasteiger partial charge in [0, 0.05) is 4.90 Å². The van der Waals surface area contributed by atoms with Gasteiger partial charge in [0.15, 0.2) is 0 Å². The number of thioether (sulfide) groups is 1. The Morgan fingerprint density at radius 3 is 2.16 bits per heavy atom. The van der Waals surface area contributed by atoms with Crippen LogP contribution in [0.3, 0.4) is 0 Å². The lowest BCUT2D eigenvalue weighted by molar-refractivity contribution is -0.137. The van der Waals surface area contributed by atoms with Crippen molar-refractivity contribution in [3.8, 4) is 5.75 Å². The van der Waals surface area contributed by atoms with E-state index in [0.717, 1.165) is 4.90 Å². The van der Waals surface area contributed by atoms with E-state index in [9.17, 15) is 14.0 Å². The maximum Gasteiger partial charge on any atom is 0.268 e. The summed E-state index contributed by atoms with van der Waals surface area (Å²) in [4.78, 5) is 29.2. The molecule has 0 aliphatic carbocycles. The molecule has 1 aliphatic rings. The minimum absolute atomic E-state index is 0.0325. The molecule has 32 heavy (non-hydrogen) atoms. The number of benzene rings is 3. The predicted molar refractivity (Wildman–Crippen MR) is 123 cm³/mol. The molecular weight excluding hydrogens is 425 g/mol. The summed E-state index contributed by atoms with van der Waals surface area (Å²) < 4.78 is 19.0. The number of amides is 2. The van der Waals surface area contributed by atoms with Crippen molar-refractivity contribution in [3.05, 3.63) is 101 Å². The van der Waals surface area contributed by atoms with Crippen LogP contribution in [0.2, 0.25) is 0 Å². The van der Waals surface area contributed by atoms with Gasteiger partial charge in [-0.05, 0) is 61.4 Å². The van der Waals surface area contributed by atoms with Gasteiger partial charge in [0.05, 0.1) is 23.1 Å². The van der Waals surface area contributed by atoms with Gasteiger partial charge in [-0.2, -0.15) is 0 Å². The summed E-state index contributed by atoms with van der Waals surface area (Å²) >= 11 is 1.27. The second kappa shape index (κ2) is 9.40. The Morgan fingerprint density at radius 2 is 1.53 bits per heavy atom. The molecule has 162 valence electrons. The van der Waals surface area contributed by atoms with Crippen molar-refractivity contribution in [2.45, 2.75) is 31.4 Å². The Balaban J connectivity index is 1.69. The Morgan fingerprint density at radius 1 is 0.875 bits per heavy atom. The fourth-order valence-corrected chi connectivity index (χ4v) is 4.43. The van der Waals surface area contributed by atoms with Crippen molar-refractivity contribution in [2.24, 2.45) is 0 Å². The van der Waals surface area contributed by atoms with Gasteiger partial charge in [-0.25, -0.2) is 4.39 Å². The van der Waals surface area contributed by atoms with E-state index in [0.29, 0.717) is 27.4 Å². The lowest BCUT2D eigenvalue weighted by atomic mass is 10.1. The Labute approximate surface area is 190 Å². The van der Waals surface area contributed by atoms with Crippen molar-refractivity contribution >= 4 is 29.1 Å². The van der Waals surface area contributed by atoms with Crippen LogP contribution in [-0.4, -0.2) is 22.8 Å². The van der Waals surface area contributed by atoms with E-state index in [4.69, 9.17) is 4.74 Å². The molecule has 0 bridgehead atoms. The van der Waals surface area contributed by atoms with E-state index >= 15 is 0 Å². The van der Waals surface area contributed by atoms with Gasteiger partial charge in [0.25, 0.3) is 11.8 Å². The normalized spacial score (nSPS) is 13.9. The summed E-state index contributed by atoms with van der Waals surface area (Å²) in [5.74, 6) is -0.391. The minimum atomic E-state index is -0.365. The average Bonchev–Trinajstić information content (AvgIpc) is 3.00. The lowest BCUT2D eigenvalue weighted by Crippen LogP contribution is -2.30. The number of carbonyl (C=O) groups excluding carboxylic acids is 2. The maximum atomic E-state index is 13.4. The van der Waals surface area contributed by atoms with Crippen molar-refractivity contribution < 1.29 is 18.7 Å². The Hall–Kier alpha value is -3.38. The van der Waals surface area contributed by atoms with Crippen LogP contribution in [0.15, 0.2) is 88.7 Å². The van der Waals surface area contributed by atoms with Crippen LogP contribution in [0.25, 0.3) is 5.57 Å². The third-order valence-electron chi connectivity index (χ3n) is 4.86. The molecular formula is C26H22FNO3S. The van der Waals surface area contributed by atoms with E-state index < -0.39 is 0 Å². The monoisotopic (exact) mass is 447 g/mol. The zero-order valence-corrected chi connectivity index (χ0v) is 18.6. The summed E-state index contributed by atoms with van der Waals surface area (Å²) in [6, 6.07) is 22.5. The number of rotatable bonds is 7. The largest absolute Gasteiger partial charge is 0.491 e. The zero-order chi connectivity index (χ0) is 22.7. The first kappa shape index (κ1) is 21.8. The highest BCUT2D eigenvalue weighted by molar-refractivity contribution is 8.04. The third-order valence-corrected chi connectivity index (χ3v) is 5.95. The lowest BCUT2D eigenvalue weighted by Gasteiger charge is -2.15. The van der Waals surface area contributed by atoms with Crippen LogP contribution >= 0.6 is 11.8 Å². The first-order valence-electron chi connectivity index (χ1n) is 10.3. The van der Waals surface area contributed by atoms with Crippen LogP contribution in [-0.2, 0) is 16.1 Å². The number of nitrogens with zero attached hydrogens (tertiary/aromatic N) is 1. The fraction of sp³-hybridized carbons (Fsp3) is 0.154. The number of hydrogen-bond acceptors (Lipinski definition) is 4. The SMILES string of the molecule is CC(C)Oc1ccc(C2=C(Sc3ccccc3)C(=O)N(Cc3ccc(F)cc3)C2=O)cc1. The molecule has 0 unspecified atom stereocenters. The third kappa shape index (κ3) is 4.75. The first-order valence-corrected chi connectivity index (χ1v) is 11.1. The molecule has 3 aromatic rings. The molecule has 0 atom stereocenters. The van der Waals surface area contributed by atoms with Gasteiger partial charge in [0.2, 0.25) is 0 Å². The molecule has 0 saturated carbocycles. The molecule has 0 N–H and O–H groups in total. The van der Waals surface area contributed by atoms with Crippen LogP contribution < -0.4 is 4.74 Å². The molecule has 0 radical (unpaired) electrons. The van der Waals surface area contributed by atoms with Crippen LogP contribution in [0.5, 0.6) is 5.75 Å². The molecule has 0 spiro atoms. The molecule has 0 saturated heterocycles. The standard InChI is InChI=1S/C26H22FNO3S/c1-17(2)31-21-14-10-19(11-15-21)23-24(32-22-6-4-3-5-7-22)26(30)28(25(23)29)16-18-8-12-20(27)13-9-18/h3-15,17H,16H2,1-2H3. The van der Waals surface area contributed by atoms with Crippen molar-refractivity contribution in [1.29, 1.82) is 0 Å². The van der Waals surface area contributed by atoms with Gasteiger partial charge in [-0.3, -0.25) is 14.5 Å². The minimum Gasteiger partial charge on any atom is -0.491 e. The van der Waals surface area contributed by atoms with Crippen LogP contribution in [0.1, 0.15) is 25.0 Å². The molecule has 1 heterocycles. The van der Waals surface area contributed by atoms with Gasteiger partial charge >= 0.3 is 0 Å². The summed E-state index contributed by atoms with van der Waals surface area (Å²) in [6.07, 6.45) is 0.0325. The van der Waals surface area contributed by atoms with E-state index in [1.54, 1.807) is 36.4 Å².